The average Bonchev–Trinajstić information content (AvgIpc) is 3.53. The number of nitrogens with zero attached hydrogens (tertiary/aromatic N) is 2. The molecule has 0 saturated heterocycles. The summed E-state index contributed by atoms with van der Waals surface area (Å²) in [5.74, 6) is 0.927. The molecule has 1 amide bonds. The van der Waals surface area contributed by atoms with Crippen LogP contribution in [-0.2, 0) is 14.8 Å². The zero-order valence-electron chi connectivity index (χ0n) is 18.4. The number of benzene rings is 2. The average molecular weight is 469 g/mol. The summed E-state index contributed by atoms with van der Waals surface area (Å²) in [6.07, 6.45) is 0.847. The van der Waals surface area contributed by atoms with Gasteiger partial charge in [0.05, 0.1) is 18.3 Å². The molecular formula is C24H24N2O6S. The van der Waals surface area contributed by atoms with Crippen molar-refractivity contribution in [3.8, 4) is 11.5 Å². The van der Waals surface area contributed by atoms with Crippen LogP contribution in [0.3, 0.4) is 0 Å². The van der Waals surface area contributed by atoms with Gasteiger partial charge in [-0.1, -0.05) is 12.1 Å². The molecule has 2 aromatic carbocycles. The molecule has 33 heavy (non-hydrogen) atoms. The molecule has 0 N–H and O–H groups in total. The highest BCUT2D eigenvalue weighted by Gasteiger charge is 2.38. The molecule has 8 nitrogen and oxygen atoms in total. The Bertz CT molecular complexity index is 1340. The molecule has 0 saturated carbocycles. The molecule has 0 unspecified atom stereocenters. The van der Waals surface area contributed by atoms with Gasteiger partial charge in [0.25, 0.3) is 5.91 Å². The first-order valence-electron chi connectivity index (χ1n) is 10.6. The topological polar surface area (TPSA) is 89.3 Å². The van der Waals surface area contributed by atoms with Crippen molar-refractivity contribution in [2.45, 2.75) is 17.9 Å². The van der Waals surface area contributed by atoms with Gasteiger partial charge in [0, 0.05) is 31.6 Å². The molecule has 0 bridgehead atoms. The summed E-state index contributed by atoms with van der Waals surface area (Å²) >= 11 is 0. The predicted octanol–water partition coefficient (Wildman–Crippen LogP) is 3.05. The van der Waals surface area contributed by atoms with E-state index in [2.05, 4.69) is 0 Å². The summed E-state index contributed by atoms with van der Waals surface area (Å²) < 4.78 is 44.3. The van der Waals surface area contributed by atoms with Gasteiger partial charge in [-0.2, -0.15) is 4.31 Å². The summed E-state index contributed by atoms with van der Waals surface area (Å²) in [6.45, 7) is 3.08. The first kappa shape index (κ1) is 21.5. The fourth-order valence-electron chi connectivity index (χ4n) is 4.34. The highest BCUT2D eigenvalue weighted by atomic mass is 32.2. The molecule has 0 spiro atoms. The molecule has 0 fully saturated rings. The second-order valence-electron chi connectivity index (χ2n) is 8.21. The molecular weight excluding hydrogens is 444 g/mol. The Hall–Kier alpha value is -3.30. The fourth-order valence-corrected chi connectivity index (χ4v) is 5.81. The van der Waals surface area contributed by atoms with Crippen molar-refractivity contribution in [2.24, 2.45) is 0 Å². The molecule has 3 heterocycles. The van der Waals surface area contributed by atoms with Crippen LogP contribution in [0.4, 0.5) is 0 Å². The molecule has 2 aliphatic rings. The number of amides is 1. The first-order valence-corrected chi connectivity index (χ1v) is 12.1. The van der Waals surface area contributed by atoms with Crippen molar-refractivity contribution in [3.05, 3.63) is 65.9 Å². The van der Waals surface area contributed by atoms with Crippen molar-refractivity contribution < 1.29 is 27.1 Å². The highest BCUT2D eigenvalue weighted by molar-refractivity contribution is 7.89. The number of para-hydroxylation sites is 2. The van der Waals surface area contributed by atoms with Crippen LogP contribution < -0.4 is 9.47 Å². The monoisotopic (exact) mass is 468 g/mol. The van der Waals surface area contributed by atoms with Gasteiger partial charge in [-0.25, -0.2) is 8.42 Å². The van der Waals surface area contributed by atoms with Crippen LogP contribution in [0.5, 0.6) is 11.5 Å². The molecule has 1 aromatic heterocycles. The number of ether oxygens (including phenoxy) is 2. The second-order valence-corrected chi connectivity index (χ2v) is 10.1. The van der Waals surface area contributed by atoms with E-state index < -0.39 is 16.1 Å². The Morgan fingerprint density at radius 3 is 2.39 bits per heavy atom. The van der Waals surface area contributed by atoms with Gasteiger partial charge in [-0.15, -0.1) is 0 Å². The lowest BCUT2D eigenvalue weighted by molar-refractivity contribution is -0.136. The molecule has 3 aromatic rings. The van der Waals surface area contributed by atoms with Gasteiger partial charge in [-0.3, -0.25) is 4.79 Å². The van der Waals surface area contributed by atoms with E-state index >= 15 is 0 Å². The Morgan fingerprint density at radius 2 is 1.70 bits per heavy atom. The van der Waals surface area contributed by atoms with E-state index in [0.29, 0.717) is 30.2 Å². The molecule has 172 valence electrons. The first-order chi connectivity index (χ1) is 15.9. The molecule has 1 atom stereocenters. The van der Waals surface area contributed by atoms with Crippen LogP contribution in [0.2, 0.25) is 0 Å². The van der Waals surface area contributed by atoms with E-state index in [1.54, 1.807) is 55.3 Å². The number of carbonyl (C=O) groups excluding carboxylic acids is 1. The van der Waals surface area contributed by atoms with Crippen LogP contribution >= 0.6 is 0 Å². The van der Waals surface area contributed by atoms with Crippen LogP contribution in [0.15, 0.2) is 75.3 Å². The molecule has 0 aliphatic carbocycles. The Kier molecular flexibility index (Phi) is 5.38. The van der Waals surface area contributed by atoms with Crippen LogP contribution in [0.25, 0.3) is 11.0 Å². The van der Waals surface area contributed by atoms with Crippen molar-refractivity contribution in [1.82, 2.24) is 9.21 Å². The van der Waals surface area contributed by atoms with Gasteiger partial charge in [-0.05, 0) is 54.5 Å². The Labute approximate surface area is 192 Å². The number of rotatable bonds is 6. The van der Waals surface area contributed by atoms with Crippen molar-refractivity contribution in [1.29, 1.82) is 0 Å². The minimum atomic E-state index is -3.64. The lowest BCUT2D eigenvalue weighted by Gasteiger charge is -2.25. The molecule has 5 rings (SSSR count). The minimum absolute atomic E-state index is 0.143. The van der Waals surface area contributed by atoms with Gasteiger partial charge in [0.2, 0.25) is 10.0 Å². The summed E-state index contributed by atoms with van der Waals surface area (Å²) in [7, 11) is -2.09. The van der Waals surface area contributed by atoms with E-state index in [9.17, 15) is 13.2 Å². The Balaban J connectivity index is 1.23. The predicted molar refractivity (Wildman–Crippen MR) is 122 cm³/mol. The fraction of sp³-hybridized carbons (Fsp3) is 0.292. The number of furan rings is 1. The second kappa shape index (κ2) is 8.24. The number of hydrogen-bond acceptors (Lipinski definition) is 6. The summed E-state index contributed by atoms with van der Waals surface area (Å²) in [4.78, 5) is 14.9. The largest absolute Gasteiger partial charge is 0.493 e. The normalized spacial score (nSPS) is 17.5. The summed E-state index contributed by atoms with van der Waals surface area (Å²) in [5, 5.41) is 0.747. The van der Waals surface area contributed by atoms with Crippen molar-refractivity contribution in [2.75, 3.05) is 33.3 Å². The third kappa shape index (κ3) is 3.87. The number of methoxy groups -OCH3 is 1. The number of carbonyl (C=O) groups is 1. The maximum Gasteiger partial charge on any atom is 0.263 e. The quantitative estimate of drug-likeness (QED) is 0.517. The van der Waals surface area contributed by atoms with E-state index in [1.165, 1.54) is 10.6 Å². The summed E-state index contributed by atoms with van der Waals surface area (Å²) in [5.41, 5.74) is 2.59. The minimum Gasteiger partial charge on any atom is -0.493 e. The molecule has 9 heteroatoms. The van der Waals surface area contributed by atoms with Gasteiger partial charge >= 0.3 is 0 Å². The van der Waals surface area contributed by atoms with E-state index in [1.807, 2.05) is 12.1 Å². The van der Waals surface area contributed by atoms with E-state index in [0.717, 1.165) is 16.5 Å². The SMILES string of the molecule is COc1ccccc1O[C@H](C)C(=O)N1CC2=C(C1)CN(S(=O)(=O)c1ccc3occc3c1)C2. The van der Waals surface area contributed by atoms with Crippen molar-refractivity contribution in [3.63, 3.8) is 0 Å². The Morgan fingerprint density at radius 1 is 1.00 bits per heavy atom. The maximum atomic E-state index is 13.2. The van der Waals surface area contributed by atoms with E-state index in [-0.39, 0.29) is 23.9 Å². The maximum absolute atomic E-state index is 13.2. The van der Waals surface area contributed by atoms with Crippen molar-refractivity contribution >= 4 is 26.9 Å². The van der Waals surface area contributed by atoms with Crippen LogP contribution in [0.1, 0.15) is 6.92 Å². The summed E-state index contributed by atoms with van der Waals surface area (Å²) in [6, 6.07) is 13.8. The zero-order valence-corrected chi connectivity index (χ0v) is 19.2. The third-order valence-corrected chi connectivity index (χ3v) is 7.88. The zero-order chi connectivity index (χ0) is 23.2. The van der Waals surface area contributed by atoms with Crippen LogP contribution in [0, 0.1) is 0 Å². The highest BCUT2D eigenvalue weighted by Crippen LogP contribution is 2.32. The van der Waals surface area contributed by atoms with Gasteiger partial charge in [0.15, 0.2) is 17.6 Å². The lowest BCUT2D eigenvalue weighted by Crippen LogP contribution is -2.42. The van der Waals surface area contributed by atoms with Crippen LogP contribution in [-0.4, -0.2) is 62.9 Å². The molecule has 0 radical (unpaired) electrons. The number of hydrogen-bond donors (Lipinski definition) is 0. The van der Waals surface area contributed by atoms with E-state index in [4.69, 9.17) is 13.9 Å². The molecule has 2 aliphatic heterocycles. The lowest BCUT2D eigenvalue weighted by atomic mass is 10.2. The smallest absolute Gasteiger partial charge is 0.263 e. The van der Waals surface area contributed by atoms with Gasteiger partial charge < -0.3 is 18.8 Å². The third-order valence-electron chi connectivity index (χ3n) is 6.09. The standard InChI is InChI=1S/C24H24N2O6S/c1-16(32-23-6-4-3-5-22(23)30-2)24(27)25-12-18-14-26(15-19(18)13-25)33(28,29)20-7-8-21-17(11-20)9-10-31-21/h3-11,16H,12-15H2,1-2H3/t16-/m1/s1. The van der Waals surface area contributed by atoms with Gasteiger partial charge in [0.1, 0.15) is 5.58 Å². The number of fused-ring (bicyclic) bond motifs is 1. The number of sulfonamides is 1.